The number of rotatable bonds is 6. The summed E-state index contributed by atoms with van der Waals surface area (Å²) in [6.07, 6.45) is 0.354. The van der Waals surface area contributed by atoms with E-state index in [0.29, 0.717) is 34.4 Å². The Morgan fingerprint density at radius 3 is 2.59 bits per heavy atom. The second-order valence-corrected chi connectivity index (χ2v) is 6.65. The van der Waals surface area contributed by atoms with Crippen LogP contribution in [-0.4, -0.2) is 38.3 Å². The van der Waals surface area contributed by atoms with Gasteiger partial charge in [0.1, 0.15) is 0 Å². The summed E-state index contributed by atoms with van der Waals surface area (Å²) in [7, 11) is 1.78. The maximum atomic E-state index is 12.8. The number of aromatic nitrogens is 3. The Labute approximate surface area is 157 Å². The third kappa shape index (κ3) is 3.97. The molecule has 0 spiro atoms. The van der Waals surface area contributed by atoms with Crippen LogP contribution in [0.1, 0.15) is 27.3 Å². The van der Waals surface area contributed by atoms with E-state index in [9.17, 15) is 14.7 Å². The maximum absolute atomic E-state index is 12.8. The molecule has 2 aromatic heterocycles. The molecule has 0 bridgehead atoms. The molecule has 2 N–H and O–H groups in total. The summed E-state index contributed by atoms with van der Waals surface area (Å²) in [6.45, 7) is 3.69. The van der Waals surface area contributed by atoms with Crippen LogP contribution in [0.5, 0.6) is 0 Å². The first-order valence-electron chi connectivity index (χ1n) is 8.72. The van der Waals surface area contributed by atoms with Crippen LogP contribution < -0.4 is 5.32 Å². The molecule has 1 aromatic carbocycles. The van der Waals surface area contributed by atoms with E-state index in [2.05, 4.69) is 15.4 Å². The van der Waals surface area contributed by atoms with E-state index in [0.717, 1.165) is 5.56 Å². The second kappa shape index (κ2) is 7.57. The monoisotopic (exact) mass is 366 g/mol. The molecule has 1 atom stereocenters. The third-order valence-corrected chi connectivity index (χ3v) is 4.52. The molecule has 7 heteroatoms. The SMILES string of the molecule is Cc1cc(C(=O)NCC(Cc2ccccc2)C(=O)O)c2c(C)nn(C)c2n1. The van der Waals surface area contributed by atoms with Crippen LogP contribution in [0.25, 0.3) is 11.0 Å². The fraction of sp³-hybridized carbons (Fsp3) is 0.300. The zero-order valence-corrected chi connectivity index (χ0v) is 15.6. The Kier molecular flexibility index (Phi) is 5.21. The average Bonchev–Trinajstić information content (AvgIpc) is 2.92. The first-order chi connectivity index (χ1) is 12.9. The van der Waals surface area contributed by atoms with E-state index in [-0.39, 0.29) is 12.5 Å². The average molecular weight is 366 g/mol. The highest BCUT2D eigenvalue weighted by atomic mass is 16.4. The van der Waals surface area contributed by atoms with Gasteiger partial charge in [-0.15, -0.1) is 0 Å². The van der Waals surface area contributed by atoms with Crippen molar-refractivity contribution in [1.82, 2.24) is 20.1 Å². The molecular weight excluding hydrogens is 344 g/mol. The number of aryl methyl sites for hydroxylation is 3. The minimum absolute atomic E-state index is 0.0469. The number of amides is 1. The van der Waals surface area contributed by atoms with Gasteiger partial charge >= 0.3 is 5.97 Å². The van der Waals surface area contributed by atoms with Gasteiger partial charge in [-0.1, -0.05) is 30.3 Å². The van der Waals surface area contributed by atoms with E-state index in [1.165, 1.54) is 0 Å². The van der Waals surface area contributed by atoms with E-state index >= 15 is 0 Å². The van der Waals surface area contributed by atoms with Gasteiger partial charge in [0.25, 0.3) is 5.91 Å². The molecule has 7 nitrogen and oxygen atoms in total. The highest BCUT2D eigenvalue weighted by Crippen LogP contribution is 2.21. The lowest BCUT2D eigenvalue weighted by Gasteiger charge is -2.14. The van der Waals surface area contributed by atoms with Crippen LogP contribution in [0, 0.1) is 19.8 Å². The standard InChI is InChI=1S/C20H22N4O3/c1-12-9-16(17-13(2)23-24(3)18(17)22-12)19(25)21-11-15(20(26)27)10-14-7-5-4-6-8-14/h4-9,15H,10-11H2,1-3H3,(H,21,25)(H,26,27). The Morgan fingerprint density at radius 2 is 1.93 bits per heavy atom. The molecule has 0 saturated carbocycles. The number of nitrogens with zero attached hydrogens (tertiary/aromatic N) is 3. The lowest BCUT2D eigenvalue weighted by molar-refractivity contribution is -0.141. The Morgan fingerprint density at radius 1 is 1.22 bits per heavy atom. The minimum atomic E-state index is -0.937. The van der Waals surface area contributed by atoms with Crippen molar-refractivity contribution in [3.63, 3.8) is 0 Å². The molecule has 0 fully saturated rings. The fourth-order valence-corrected chi connectivity index (χ4v) is 3.21. The number of aliphatic carboxylic acids is 1. The van der Waals surface area contributed by atoms with Crippen molar-refractivity contribution in [3.05, 3.63) is 58.9 Å². The molecule has 0 aliphatic rings. The van der Waals surface area contributed by atoms with Crippen molar-refractivity contribution < 1.29 is 14.7 Å². The molecule has 0 aliphatic carbocycles. The van der Waals surface area contributed by atoms with E-state index in [4.69, 9.17) is 0 Å². The number of hydrogen-bond donors (Lipinski definition) is 2. The molecule has 2 heterocycles. The lowest BCUT2D eigenvalue weighted by Crippen LogP contribution is -2.34. The lowest BCUT2D eigenvalue weighted by atomic mass is 9.99. The number of benzene rings is 1. The van der Waals surface area contributed by atoms with Crippen LogP contribution >= 0.6 is 0 Å². The van der Waals surface area contributed by atoms with Gasteiger partial charge in [0, 0.05) is 19.3 Å². The Balaban J connectivity index is 1.80. The van der Waals surface area contributed by atoms with Crippen molar-refractivity contribution in [2.75, 3.05) is 6.54 Å². The van der Waals surface area contributed by atoms with Gasteiger partial charge in [0.2, 0.25) is 0 Å². The highest BCUT2D eigenvalue weighted by Gasteiger charge is 2.22. The zero-order chi connectivity index (χ0) is 19.6. The zero-order valence-electron chi connectivity index (χ0n) is 15.6. The van der Waals surface area contributed by atoms with Gasteiger partial charge in [-0.25, -0.2) is 4.98 Å². The number of hydrogen-bond acceptors (Lipinski definition) is 4. The molecule has 1 amide bonds. The molecule has 140 valence electrons. The second-order valence-electron chi connectivity index (χ2n) is 6.65. The third-order valence-electron chi connectivity index (χ3n) is 4.52. The summed E-state index contributed by atoms with van der Waals surface area (Å²) in [5, 5.41) is 17.3. The molecule has 0 saturated heterocycles. The molecule has 3 rings (SSSR count). The van der Waals surface area contributed by atoms with Crippen LogP contribution in [0.15, 0.2) is 36.4 Å². The first kappa shape index (κ1) is 18.6. The van der Waals surface area contributed by atoms with Crippen molar-refractivity contribution in [2.45, 2.75) is 20.3 Å². The predicted molar refractivity (Wildman–Crippen MR) is 102 cm³/mol. The molecular formula is C20H22N4O3. The van der Waals surface area contributed by atoms with E-state index < -0.39 is 11.9 Å². The highest BCUT2D eigenvalue weighted by molar-refractivity contribution is 6.06. The summed E-state index contributed by atoms with van der Waals surface area (Å²) >= 11 is 0. The maximum Gasteiger partial charge on any atom is 0.308 e. The predicted octanol–water partition coefficient (Wildman–Crippen LogP) is 2.26. The molecule has 3 aromatic rings. The fourth-order valence-electron chi connectivity index (χ4n) is 3.21. The molecule has 0 aliphatic heterocycles. The van der Waals surface area contributed by atoms with Gasteiger partial charge in [-0.2, -0.15) is 5.10 Å². The molecule has 1 unspecified atom stereocenters. The van der Waals surface area contributed by atoms with Gasteiger partial charge < -0.3 is 10.4 Å². The van der Waals surface area contributed by atoms with E-state index in [1.807, 2.05) is 44.2 Å². The largest absolute Gasteiger partial charge is 0.481 e. The van der Waals surface area contributed by atoms with Crippen LogP contribution in [-0.2, 0) is 18.3 Å². The van der Waals surface area contributed by atoms with Crippen molar-refractivity contribution in [3.8, 4) is 0 Å². The quantitative estimate of drug-likeness (QED) is 0.697. The van der Waals surface area contributed by atoms with Crippen molar-refractivity contribution >= 4 is 22.9 Å². The first-order valence-corrected chi connectivity index (χ1v) is 8.72. The van der Waals surface area contributed by atoms with E-state index in [1.54, 1.807) is 17.8 Å². The Hall–Kier alpha value is -3.22. The van der Waals surface area contributed by atoms with Crippen molar-refractivity contribution in [1.29, 1.82) is 0 Å². The van der Waals surface area contributed by atoms with Crippen molar-refractivity contribution in [2.24, 2.45) is 13.0 Å². The normalized spacial score (nSPS) is 12.1. The van der Waals surface area contributed by atoms with Crippen LogP contribution in [0.2, 0.25) is 0 Å². The molecule has 27 heavy (non-hydrogen) atoms. The topological polar surface area (TPSA) is 97.1 Å². The number of carbonyl (C=O) groups excluding carboxylic acids is 1. The summed E-state index contributed by atoms with van der Waals surface area (Å²) < 4.78 is 1.64. The van der Waals surface area contributed by atoms with Crippen LogP contribution in [0.3, 0.4) is 0 Å². The number of carboxylic acids is 1. The Bertz CT molecular complexity index is 995. The smallest absolute Gasteiger partial charge is 0.308 e. The summed E-state index contributed by atoms with van der Waals surface area (Å²) in [5.74, 6) is -1.96. The summed E-state index contributed by atoms with van der Waals surface area (Å²) in [5.41, 5.74) is 3.44. The number of fused-ring (bicyclic) bond motifs is 1. The summed E-state index contributed by atoms with van der Waals surface area (Å²) in [4.78, 5) is 28.8. The van der Waals surface area contributed by atoms with Gasteiger partial charge in [-0.3, -0.25) is 14.3 Å². The minimum Gasteiger partial charge on any atom is -0.481 e. The summed E-state index contributed by atoms with van der Waals surface area (Å²) in [6, 6.07) is 11.1. The van der Waals surface area contributed by atoms with Gasteiger partial charge in [-0.05, 0) is 31.9 Å². The molecule has 0 radical (unpaired) electrons. The van der Waals surface area contributed by atoms with Crippen LogP contribution in [0.4, 0.5) is 0 Å². The number of pyridine rings is 1. The number of nitrogens with one attached hydrogen (secondary N) is 1. The van der Waals surface area contributed by atoms with Gasteiger partial charge in [0.15, 0.2) is 5.65 Å². The number of carbonyl (C=O) groups is 2. The number of carboxylic acid groups (broad SMARTS) is 1. The van der Waals surface area contributed by atoms with Gasteiger partial charge in [0.05, 0.1) is 22.6 Å².